The Hall–Kier alpha value is -1.32. The number of hydrogen-bond donors (Lipinski definition) is 0. The third-order valence-electron chi connectivity index (χ3n) is 4.19. The maximum atomic E-state index is 11.9. The average Bonchev–Trinajstić information content (AvgIpc) is 2.68. The van der Waals surface area contributed by atoms with Crippen LogP contribution in [0.3, 0.4) is 0 Å². The monoisotopic (exact) mass is 293 g/mol. The highest BCUT2D eigenvalue weighted by Gasteiger charge is 2.30. The first-order chi connectivity index (χ1) is 9.91. The van der Waals surface area contributed by atoms with Crippen molar-refractivity contribution in [3.63, 3.8) is 0 Å². The van der Waals surface area contributed by atoms with Crippen molar-refractivity contribution in [2.75, 3.05) is 7.11 Å². The fourth-order valence-electron chi connectivity index (χ4n) is 3.01. The molecule has 0 N–H and O–H groups in total. The molecule has 0 saturated heterocycles. The molecular formula is C17H27NO3. The Balaban J connectivity index is 2.20. The van der Waals surface area contributed by atoms with Gasteiger partial charge in [0.15, 0.2) is 5.89 Å². The van der Waals surface area contributed by atoms with Crippen LogP contribution in [0.5, 0.6) is 0 Å². The van der Waals surface area contributed by atoms with Gasteiger partial charge in [-0.15, -0.1) is 0 Å². The number of methoxy groups -OCH3 is 1. The van der Waals surface area contributed by atoms with Gasteiger partial charge in [0.25, 0.3) is 0 Å². The number of carbonyl (C=O) groups is 1. The van der Waals surface area contributed by atoms with Crippen LogP contribution in [-0.2, 0) is 16.6 Å². The summed E-state index contributed by atoms with van der Waals surface area (Å²) < 4.78 is 10.6. The molecule has 4 nitrogen and oxygen atoms in total. The number of hydrogen-bond acceptors (Lipinski definition) is 4. The van der Waals surface area contributed by atoms with E-state index in [1.807, 2.05) is 20.8 Å². The first-order valence-corrected chi connectivity index (χ1v) is 8.00. The van der Waals surface area contributed by atoms with Gasteiger partial charge in [0, 0.05) is 11.8 Å². The van der Waals surface area contributed by atoms with Crippen LogP contribution in [0.25, 0.3) is 0 Å². The molecule has 0 aliphatic heterocycles. The van der Waals surface area contributed by atoms with Crippen LogP contribution < -0.4 is 0 Å². The topological polar surface area (TPSA) is 52.3 Å². The molecule has 21 heavy (non-hydrogen) atoms. The third kappa shape index (κ3) is 4.08. The Morgan fingerprint density at radius 2 is 1.86 bits per heavy atom. The number of aromatic nitrogens is 1. The molecule has 1 fully saturated rings. The molecule has 0 atom stereocenters. The summed E-state index contributed by atoms with van der Waals surface area (Å²) in [7, 11) is 1.38. The number of nitrogens with zero attached hydrogens (tertiary/aromatic N) is 1. The van der Waals surface area contributed by atoms with Crippen molar-refractivity contribution in [3.05, 3.63) is 17.3 Å². The Morgan fingerprint density at radius 1 is 1.24 bits per heavy atom. The molecule has 0 unspecified atom stereocenters. The van der Waals surface area contributed by atoms with E-state index in [0.717, 1.165) is 6.42 Å². The van der Waals surface area contributed by atoms with Crippen LogP contribution in [0.4, 0.5) is 0 Å². The number of ether oxygens (including phenoxy) is 1. The zero-order valence-electron chi connectivity index (χ0n) is 13.7. The van der Waals surface area contributed by atoms with Gasteiger partial charge in [0.1, 0.15) is 0 Å². The van der Waals surface area contributed by atoms with Crippen molar-refractivity contribution in [1.82, 2.24) is 4.98 Å². The van der Waals surface area contributed by atoms with Gasteiger partial charge in [-0.25, -0.2) is 9.78 Å². The van der Waals surface area contributed by atoms with Gasteiger partial charge in [-0.05, 0) is 18.8 Å². The Kier molecular flexibility index (Phi) is 5.07. The van der Waals surface area contributed by atoms with Crippen molar-refractivity contribution in [2.45, 2.75) is 71.1 Å². The van der Waals surface area contributed by atoms with Crippen LogP contribution in [0.2, 0.25) is 0 Å². The zero-order valence-corrected chi connectivity index (χ0v) is 13.7. The van der Waals surface area contributed by atoms with Crippen molar-refractivity contribution >= 4 is 5.97 Å². The standard InChI is InChI=1S/C17H27NO3/c1-17(2,3)15-14(16(19)20-4)21-13(18-15)11-12-9-7-5-6-8-10-12/h12H,5-11H2,1-4H3. The third-order valence-corrected chi connectivity index (χ3v) is 4.19. The highest BCUT2D eigenvalue weighted by molar-refractivity contribution is 5.87. The zero-order chi connectivity index (χ0) is 15.5. The number of carbonyl (C=O) groups excluding carboxylic acids is 1. The molecule has 1 saturated carbocycles. The molecule has 1 aliphatic carbocycles. The lowest BCUT2D eigenvalue weighted by Crippen LogP contribution is -2.17. The molecule has 1 aromatic rings. The van der Waals surface area contributed by atoms with E-state index >= 15 is 0 Å². The molecule has 2 rings (SSSR count). The van der Waals surface area contributed by atoms with Crippen LogP contribution in [0, 0.1) is 5.92 Å². The lowest BCUT2D eigenvalue weighted by atomic mass is 9.91. The van der Waals surface area contributed by atoms with Crippen molar-refractivity contribution in [3.8, 4) is 0 Å². The van der Waals surface area contributed by atoms with Crippen LogP contribution in [0.15, 0.2) is 4.42 Å². The van der Waals surface area contributed by atoms with Gasteiger partial charge in [-0.3, -0.25) is 0 Å². The predicted molar refractivity (Wildman–Crippen MR) is 81.4 cm³/mol. The average molecular weight is 293 g/mol. The van der Waals surface area contributed by atoms with Crippen LogP contribution in [-0.4, -0.2) is 18.1 Å². The second-order valence-electron chi connectivity index (χ2n) is 7.09. The Bertz CT molecular complexity index is 477. The number of esters is 1. The van der Waals surface area contributed by atoms with Crippen molar-refractivity contribution in [1.29, 1.82) is 0 Å². The van der Waals surface area contributed by atoms with Gasteiger partial charge >= 0.3 is 5.97 Å². The Labute approximate surface area is 127 Å². The summed E-state index contributed by atoms with van der Waals surface area (Å²) in [5, 5.41) is 0. The van der Waals surface area contributed by atoms with Gasteiger partial charge < -0.3 is 9.15 Å². The summed E-state index contributed by atoms with van der Waals surface area (Å²) >= 11 is 0. The first-order valence-electron chi connectivity index (χ1n) is 8.00. The van der Waals surface area contributed by atoms with E-state index in [1.165, 1.54) is 45.6 Å². The fourth-order valence-corrected chi connectivity index (χ4v) is 3.01. The second-order valence-corrected chi connectivity index (χ2v) is 7.09. The largest absolute Gasteiger partial charge is 0.463 e. The molecule has 1 heterocycles. The smallest absolute Gasteiger partial charge is 0.376 e. The summed E-state index contributed by atoms with van der Waals surface area (Å²) in [4.78, 5) is 16.5. The van der Waals surface area contributed by atoms with Crippen molar-refractivity contribution in [2.24, 2.45) is 5.92 Å². The molecule has 0 radical (unpaired) electrons. The number of oxazole rings is 1. The second kappa shape index (κ2) is 6.63. The maximum Gasteiger partial charge on any atom is 0.376 e. The molecule has 1 aromatic heterocycles. The quantitative estimate of drug-likeness (QED) is 0.617. The Morgan fingerprint density at radius 3 is 2.38 bits per heavy atom. The number of rotatable bonds is 3. The van der Waals surface area contributed by atoms with E-state index in [9.17, 15) is 4.79 Å². The summed E-state index contributed by atoms with van der Waals surface area (Å²) in [6.07, 6.45) is 8.57. The minimum Gasteiger partial charge on any atom is -0.463 e. The summed E-state index contributed by atoms with van der Waals surface area (Å²) in [5.74, 6) is 1.16. The van der Waals surface area contributed by atoms with Gasteiger partial charge in [0.2, 0.25) is 5.76 Å². The minimum absolute atomic E-state index is 0.227. The summed E-state index contributed by atoms with van der Waals surface area (Å²) in [5.41, 5.74) is 0.479. The molecule has 0 spiro atoms. The highest BCUT2D eigenvalue weighted by Crippen LogP contribution is 2.30. The van der Waals surface area contributed by atoms with Gasteiger partial charge in [0.05, 0.1) is 12.8 Å². The van der Waals surface area contributed by atoms with E-state index in [-0.39, 0.29) is 11.2 Å². The highest BCUT2D eigenvalue weighted by atomic mass is 16.5. The van der Waals surface area contributed by atoms with E-state index in [0.29, 0.717) is 17.5 Å². The molecule has 4 heteroatoms. The van der Waals surface area contributed by atoms with E-state index in [2.05, 4.69) is 4.98 Å². The molecule has 1 aliphatic rings. The lowest BCUT2D eigenvalue weighted by molar-refractivity contribution is 0.0559. The maximum absolute atomic E-state index is 11.9. The normalized spacial score (nSPS) is 17.5. The van der Waals surface area contributed by atoms with Crippen molar-refractivity contribution < 1.29 is 13.9 Å². The molecule has 0 bridgehead atoms. The van der Waals surface area contributed by atoms with Gasteiger partial charge in [-0.2, -0.15) is 0 Å². The molecule has 0 aromatic carbocycles. The summed E-state index contributed by atoms with van der Waals surface area (Å²) in [6, 6.07) is 0. The lowest BCUT2D eigenvalue weighted by Gasteiger charge is -2.15. The van der Waals surface area contributed by atoms with E-state index < -0.39 is 5.97 Å². The van der Waals surface area contributed by atoms with Gasteiger partial charge in [-0.1, -0.05) is 46.5 Å². The first kappa shape index (κ1) is 16.1. The minimum atomic E-state index is -0.431. The fraction of sp³-hybridized carbons (Fsp3) is 0.765. The predicted octanol–water partition coefficient (Wildman–Crippen LogP) is 4.27. The molecule has 118 valence electrons. The summed E-state index contributed by atoms with van der Waals surface area (Å²) in [6.45, 7) is 6.10. The molecular weight excluding hydrogens is 266 g/mol. The SMILES string of the molecule is COC(=O)c1oc(CC2CCCCCC2)nc1C(C)(C)C. The van der Waals surface area contributed by atoms with E-state index in [1.54, 1.807) is 0 Å². The van der Waals surface area contributed by atoms with Crippen LogP contribution >= 0.6 is 0 Å². The van der Waals surface area contributed by atoms with Crippen LogP contribution in [0.1, 0.15) is 81.4 Å². The van der Waals surface area contributed by atoms with E-state index in [4.69, 9.17) is 9.15 Å². The molecule has 0 amide bonds.